The second-order valence-electron chi connectivity index (χ2n) is 10.9. The number of hydrogen-bond donors (Lipinski definition) is 2. The highest BCUT2D eigenvalue weighted by Crippen LogP contribution is 2.49. The normalized spacial score (nSPS) is 17.1. The summed E-state index contributed by atoms with van der Waals surface area (Å²) in [5, 5.41) is 3.34. The molecule has 0 radical (unpaired) electrons. The fourth-order valence-electron chi connectivity index (χ4n) is 5.48. The van der Waals surface area contributed by atoms with Crippen molar-refractivity contribution in [3.05, 3.63) is 89.4 Å². The van der Waals surface area contributed by atoms with Crippen LogP contribution in [0.25, 0.3) is 22.3 Å². The lowest BCUT2D eigenvalue weighted by atomic mass is 9.98. The van der Waals surface area contributed by atoms with Gasteiger partial charge >= 0.3 is 0 Å². The number of sulfonamides is 1. The number of ether oxygens (including phenoxy) is 1. The van der Waals surface area contributed by atoms with Gasteiger partial charge in [-0.1, -0.05) is 6.08 Å². The maximum absolute atomic E-state index is 13.3. The molecule has 10 heteroatoms. The summed E-state index contributed by atoms with van der Waals surface area (Å²) in [6, 6.07) is 16.5. The van der Waals surface area contributed by atoms with Crippen LogP contribution in [0.5, 0.6) is 11.5 Å². The summed E-state index contributed by atoms with van der Waals surface area (Å²) in [5.41, 5.74) is 9.67. The molecule has 4 aromatic rings. The number of allylic oxidation sites excluding steroid dienone is 1. The quantitative estimate of drug-likeness (QED) is 0.245. The van der Waals surface area contributed by atoms with Crippen LogP contribution < -0.4 is 20.1 Å². The topological polar surface area (TPSA) is 115 Å². The van der Waals surface area contributed by atoms with Gasteiger partial charge in [0.1, 0.15) is 28.7 Å². The number of furan rings is 1. The Morgan fingerprint density at radius 3 is 2.29 bits per heavy atom. The first-order valence-electron chi connectivity index (χ1n) is 13.9. The van der Waals surface area contributed by atoms with Crippen LogP contribution in [0.4, 0.5) is 10.1 Å². The zero-order chi connectivity index (χ0) is 29.6. The highest BCUT2D eigenvalue weighted by molar-refractivity contribution is 7.92. The van der Waals surface area contributed by atoms with Crippen molar-refractivity contribution in [1.29, 1.82) is 0 Å². The number of nitrogens with one attached hydrogen (secondary N) is 1. The molecule has 1 unspecified atom stereocenters. The Morgan fingerprint density at radius 1 is 1.05 bits per heavy atom. The van der Waals surface area contributed by atoms with Crippen molar-refractivity contribution in [2.24, 2.45) is 5.73 Å². The standard InChI is InChI=1S/C32H32FN3O5S/c1-35-32(37)30-27-17-26(19-3-4-19)28(36(42(2,38)39)23-11-9-22(34)10-12-23)18-29(27)41-31(30)20-5-13-24(14-6-20)40-25-15-7-21(33)8-16-25/h5-8,11,13-19,22H,3-4,9-10,12,34H2,1-2H3,(H,35,37). The van der Waals surface area contributed by atoms with Crippen molar-refractivity contribution in [3.8, 4) is 22.8 Å². The van der Waals surface area contributed by atoms with Gasteiger partial charge in [0, 0.05) is 35.8 Å². The number of carbonyl (C=O) groups excluding carboxylic acids is 1. The number of carbonyl (C=O) groups is 1. The highest BCUT2D eigenvalue weighted by Gasteiger charge is 2.35. The van der Waals surface area contributed by atoms with E-state index in [-0.39, 0.29) is 23.7 Å². The van der Waals surface area contributed by atoms with Gasteiger partial charge in [-0.2, -0.15) is 0 Å². The van der Waals surface area contributed by atoms with Gasteiger partial charge in [-0.05, 0) is 98.2 Å². The van der Waals surface area contributed by atoms with E-state index < -0.39 is 10.0 Å². The van der Waals surface area contributed by atoms with Crippen LogP contribution in [0.15, 0.2) is 76.9 Å². The molecule has 0 aliphatic heterocycles. The molecule has 3 N–H and O–H groups in total. The van der Waals surface area contributed by atoms with Crippen LogP contribution in [-0.4, -0.2) is 33.7 Å². The van der Waals surface area contributed by atoms with Crippen molar-refractivity contribution in [2.75, 3.05) is 17.6 Å². The smallest absolute Gasteiger partial charge is 0.255 e. The molecule has 1 heterocycles. The lowest BCUT2D eigenvalue weighted by Crippen LogP contribution is -2.33. The highest BCUT2D eigenvalue weighted by atomic mass is 32.2. The summed E-state index contributed by atoms with van der Waals surface area (Å²) < 4.78 is 53.2. The fraction of sp³-hybridized carbons (Fsp3) is 0.281. The molecule has 3 aromatic carbocycles. The summed E-state index contributed by atoms with van der Waals surface area (Å²) in [6.45, 7) is 0. The van der Waals surface area contributed by atoms with E-state index in [4.69, 9.17) is 14.9 Å². The van der Waals surface area contributed by atoms with Crippen molar-refractivity contribution >= 4 is 32.6 Å². The van der Waals surface area contributed by atoms with Gasteiger partial charge in [-0.15, -0.1) is 0 Å². The molecule has 2 aliphatic rings. The van der Waals surface area contributed by atoms with Gasteiger partial charge in [0.25, 0.3) is 5.91 Å². The zero-order valence-electron chi connectivity index (χ0n) is 23.4. The van der Waals surface area contributed by atoms with E-state index in [1.165, 1.54) is 22.7 Å². The molecule has 1 atom stereocenters. The fourth-order valence-corrected chi connectivity index (χ4v) is 6.59. The Bertz CT molecular complexity index is 1790. The molecule has 1 saturated carbocycles. The van der Waals surface area contributed by atoms with Crippen molar-refractivity contribution in [3.63, 3.8) is 0 Å². The first kappa shape index (κ1) is 28.0. The minimum absolute atomic E-state index is 0.00997. The number of amides is 1. The SMILES string of the molecule is CNC(=O)c1c(-c2ccc(Oc3ccc(F)cc3)cc2)oc2cc(N(C3=CCC(N)CC3)S(C)(=O)=O)c(C3CC3)cc12. The summed E-state index contributed by atoms with van der Waals surface area (Å²) in [6.07, 6.45) is 6.86. The van der Waals surface area contributed by atoms with E-state index in [0.29, 0.717) is 70.0 Å². The van der Waals surface area contributed by atoms with Gasteiger partial charge in [-0.3, -0.25) is 4.79 Å². The number of fused-ring (bicyclic) bond motifs is 1. The first-order chi connectivity index (χ1) is 20.1. The Morgan fingerprint density at radius 2 is 1.71 bits per heavy atom. The Kier molecular flexibility index (Phi) is 7.28. The second kappa shape index (κ2) is 10.9. The second-order valence-corrected chi connectivity index (χ2v) is 12.7. The predicted molar refractivity (Wildman–Crippen MR) is 161 cm³/mol. The molecule has 1 amide bonds. The Hall–Kier alpha value is -4.15. The monoisotopic (exact) mass is 589 g/mol. The number of benzene rings is 3. The molecular formula is C32H32FN3O5S. The van der Waals surface area contributed by atoms with Crippen LogP contribution in [0.3, 0.4) is 0 Å². The van der Waals surface area contributed by atoms with Gasteiger partial charge in [0.05, 0.1) is 17.5 Å². The van der Waals surface area contributed by atoms with Crippen molar-refractivity contribution in [1.82, 2.24) is 5.32 Å². The minimum atomic E-state index is -3.67. The number of anilines is 1. The van der Waals surface area contributed by atoms with E-state index >= 15 is 0 Å². The average molecular weight is 590 g/mol. The van der Waals surface area contributed by atoms with E-state index in [2.05, 4.69) is 5.32 Å². The van der Waals surface area contributed by atoms with E-state index in [0.717, 1.165) is 18.4 Å². The molecule has 0 spiro atoms. The van der Waals surface area contributed by atoms with Crippen LogP contribution >= 0.6 is 0 Å². The molecule has 2 aliphatic carbocycles. The number of nitrogens with two attached hydrogens (primary N) is 1. The summed E-state index contributed by atoms with van der Waals surface area (Å²) in [5.74, 6) is 0.921. The Balaban J connectivity index is 1.46. The molecule has 0 saturated heterocycles. The third-order valence-corrected chi connectivity index (χ3v) is 8.81. The van der Waals surface area contributed by atoms with Crippen LogP contribution in [0, 0.1) is 5.82 Å². The molecule has 1 aromatic heterocycles. The largest absolute Gasteiger partial charge is 0.457 e. The summed E-state index contributed by atoms with van der Waals surface area (Å²) in [7, 11) is -2.11. The lowest BCUT2D eigenvalue weighted by molar-refractivity contribution is 0.0964. The van der Waals surface area contributed by atoms with Gasteiger partial charge < -0.3 is 20.2 Å². The number of halogens is 1. The zero-order valence-corrected chi connectivity index (χ0v) is 24.2. The van der Waals surface area contributed by atoms with Crippen LogP contribution in [-0.2, 0) is 10.0 Å². The molecule has 1 fully saturated rings. The van der Waals surface area contributed by atoms with Crippen LogP contribution in [0.1, 0.15) is 53.9 Å². The number of nitrogens with zero attached hydrogens (tertiary/aromatic N) is 1. The molecule has 42 heavy (non-hydrogen) atoms. The first-order valence-corrected chi connectivity index (χ1v) is 15.8. The number of hydrogen-bond acceptors (Lipinski definition) is 6. The van der Waals surface area contributed by atoms with Crippen molar-refractivity contribution < 1.29 is 26.8 Å². The number of rotatable bonds is 8. The van der Waals surface area contributed by atoms with E-state index in [9.17, 15) is 17.6 Å². The van der Waals surface area contributed by atoms with E-state index in [1.807, 2.05) is 12.1 Å². The maximum atomic E-state index is 13.3. The van der Waals surface area contributed by atoms with Gasteiger partial charge in [0.2, 0.25) is 10.0 Å². The third kappa shape index (κ3) is 5.52. The van der Waals surface area contributed by atoms with Crippen LogP contribution in [0.2, 0.25) is 0 Å². The molecule has 8 nitrogen and oxygen atoms in total. The molecule has 6 rings (SSSR count). The van der Waals surface area contributed by atoms with E-state index in [1.54, 1.807) is 49.5 Å². The molecule has 0 bridgehead atoms. The minimum Gasteiger partial charge on any atom is -0.457 e. The molecular weight excluding hydrogens is 557 g/mol. The maximum Gasteiger partial charge on any atom is 0.255 e. The van der Waals surface area contributed by atoms with Gasteiger partial charge in [0.15, 0.2) is 0 Å². The third-order valence-electron chi connectivity index (χ3n) is 7.71. The molecule has 218 valence electrons. The van der Waals surface area contributed by atoms with Gasteiger partial charge in [-0.25, -0.2) is 17.1 Å². The predicted octanol–water partition coefficient (Wildman–Crippen LogP) is 6.43. The lowest BCUT2D eigenvalue weighted by Gasteiger charge is -2.30. The van der Waals surface area contributed by atoms with Crippen molar-refractivity contribution in [2.45, 2.75) is 44.1 Å². The average Bonchev–Trinajstić information content (AvgIpc) is 3.75. The summed E-state index contributed by atoms with van der Waals surface area (Å²) in [4.78, 5) is 13.2. The Labute approximate surface area is 244 Å². The summed E-state index contributed by atoms with van der Waals surface area (Å²) >= 11 is 0.